The summed E-state index contributed by atoms with van der Waals surface area (Å²) in [4.78, 5) is 11.2. The van der Waals surface area contributed by atoms with Gasteiger partial charge in [0.15, 0.2) is 0 Å². The van der Waals surface area contributed by atoms with E-state index in [1.807, 2.05) is 18.2 Å². The number of fused-ring (bicyclic) bond motifs is 1. The number of hydrogen-bond donors (Lipinski definition) is 1. The number of aromatic nitrogens is 2. The first-order valence-electron chi connectivity index (χ1n) is 8.40. The van der Waals surface area contributed by atoms with Crippen LogP contribution in [0, 0.1) is 0 Å². The van der Waals surface area contributed by atoms with Gasteiger partial charge in [0.25, 0.3) is 0 Å². The lowest BCUT2D eigenvalue weighted by molar-refractivity contribution is -0.0933. The predicted molar refractivity (Wildman–Crippen MR) is 98.7 cm³/mol. The van der Waals surface area contributed by atoms with Crippen LogP contribution < -0.4 is 5.32 Å². The second-order valence-electron chi connectivity index (χ2n) is 7.21. The van der Waals surface area contributed by atoms with E-state index in [0.29, 0.717) is 5.02 Å². The molecule has 1 fully saturated rings. The third-order valence-corrected chi connectivity index (χ3v) is 4.80. The van der Waals surface area contributed by atoms with Crippen LogP contribution in [0.1, 0.15) is 27.7 Å². The van der Waals surface area contributed by atoms with Crippen molar-refractivity contribution in [3.05, 3.63) is 29.5 Å². The van der Waals surface area contributed by atoms with Gasteiger partial charge in [-0.25, -0.2) is 9.97 Å². The number of benzene rings is 1. The zero-order valence-electron chi connectivity index (χ0n) is 14.7. The predicted octanol–water partition coefficient (Wildman–Crippen LogP) is 3.58. The maximum atomic E-state index is 6.05. The Labute approximate surface area is 148 Å². The number of hydrogen-bond acceptors (Lipinski definition) is 5. The first-order valence-corrected chi connectivity index (χ1v) is 8.77. The fraction of sp³-hybridized carbons (Fsp3) is 0.556. The number of nitrogens with one attached hydrogen (secondary N) is 1. The zero-order valence-corrected chi connectivity index (χ0v) is 15.5. The average Bonchev–Trinajstić information content (AvgIpc) is 2.51. The van der Waals surface area contributed by atoms with Crippen LogP contribution in [0.25, 0.3) is 10.9 Å². The number of ether oxygens (including phenoxy) is 1. The first kappa shape index (κ1) is 17.4. The molecule has 2 aromatic rings. The lowest BCUT2D eigenvalue weighted by atomic mass is 10.00. The van der Waals surface area contributed by atoms with Gasteiger partial charge in [0.2, 0.25) is 0 Å². The summed E-state index contributed by atoms with van der Waals surface area (Å²) in [5, 5.41) is 5.17. The summed E-state index contributed by atoms with van der Waals surface area (Å²) in [6, 6.07) is 5.70. The van der Waals surface area contributed by atoms with Crippen molar-refractivity contribution in [3.63, 3.8) is 0 Å². The van der Waals surface area contributed by atoms with Crippen LogP contribution in [0.2, 0.25) is 5.02 Å². The molecule has 0 spiro atoms. The summed E-state index contributed by atoms with van der Waals surface area (Å²) in [6.07, 6.45) is 2.09. The normalized spacial score (nSPS) is 22.7. The molecule has 0 radical (unpaired) electrons. The summed E-state index contributed by atoms with van der Waals surface area (Å²) < 4.78 is 5.85. The van der Waals surface area contributed by atoms with E-state index < -0.39 is 0 Å². The minimum Gasteiger partial charge on any atom is -0.373 e. The molecule has 1 aromatic carbocycles. The molecular formula is C18H25ClN4O. The highest BCUT2D eigenvalue weighted by atomic mass is 35.5. The topological polar surface area (TPSA) is 50.3 Å². The summed E-state index contributed by atoms with van der Waals surface area (Å²) in [5.74, 6) is 0.846. The Kier molecular flexibility index (Phi) is 4.95. The number of rotatable bonds is 4. The van der Waals surface area contributed by atoms with Crippen molar-refractivity contribution in [3.8, 4) is 0 Å². The molecule has 130 valence electrons. The molecule has 1 aliphatic heterocycles. The SMILES string of the molecule is CC1CN(C(C)(C)CNc2ncnc3cc(Cl)ccc23)CC(C)O1. The minimum absolute atomic E-state index is 0.00397. The summed E-state index contributed by atoms with van der Waals surface area (Å²) in [5.41, 5.74) is 0.849. The van der Waals surface area contributed by atoms with Crippen LogP contribution in [0.15, 0.2) is 24.5 Å². The van der Waals surface area contributed by atoms with Gasteiger partial charge in [-0.15, -0.1) is 0 Å². The van der Waals surface area contributed by atoms with Crippen LogP contribution in [0.3, 0.4) is 0 Å². The Morgan fingerprint density at radius 3 is 2.67 bits per heavy atom. The maximum Gasteiger partial charge on any atom is 0.137 e. The molecule has 0 saturated carbocycles. The lowest BCUT2D eigenvalue weighted by Crippen LogP contribution is -2.57. The van der Waals surface area contributed by atoms with E-state index in [1.54, 1.807) is 6.33 Å². The van der Waals surface area contributed by atoms with Gasteiger partial charge >= 0.3 is 0 Å². The highest BCUT2D eigenvalue weighted by molar-refractivity contribution is 6.31. The molecule has 5 nitrogen and oxygen atoms in total. The monoisotopic (exact) mass is 348 g/mol. The molecule has 6 heteroatoms. The summed E-state index contributed by atoms with van der Waals surface area (Å²) in [6.45, 7) is 11.5. The van der Waals surface area contributed by atoms with Gasteiger partial charge in [0.1, 0.15) is 12.1 Å². The molecule has 1 aliphatic rings. The molecule has 0 bridgehead atoms. The molecule has 2 heterocycles. The zero-order chi connectivity index (χ0) is 17.3. The van der Waals surface area contributed by atoms with E-state index in [1.165, 1.54) is 0 Å². The van der Waals surface area contributed by atoms with Gasteiger partial charge in [-0.05, 0) is 45.9 Å². The molecule has 0 amide bonds. The highest BCUT2D eigenvalue weighted by Gasteiger charge is 2.33. The van der Waals surface area contributed by atoms with Crippen molar-refractivity contribution in [1.82, 2.24) is 14.9 Å². The molecule has 0 aliphatic carbocycles. The van der Waals surface area contributed by atoms with Crippen LogP contribution in [0.4, 0.5) is 5.82 Å². The minimum atomic E-state index is -0.00397. The molecule has 1 N–H and O–H groups in total. The van der Waals surface area contributed by atoms with E-state index >= 15 is 0 Å². The van der Waals surface area contributed by atoms with E-state index in [4.69, 9.17) is 16.3 Å². The molecule has 1 saturated heterocycles. The van der Waals surface area contributed by atoms with Crippen LogP contribution in [0.5, 0.6) is 0 Å². The van der Waals surface area contributed by atoms with E-state index in [0.717, 1.165) is 36.4 Å². The molecule has 2 unspecified atom stereocenters. The summed E-state index contributed by atoms with van der Waals surface area (Å²) >= 11 is 6.05. The molecule has 1 aromatic heterocycles. The lowest BCUT2D eigenvalue weighted by Gasteiger charge is -2.45. The summed E-state index contributed by atoms with van der Waals surface area (Å²) in [7, 11) is 0. The molecular weight excluding hydrogens is 324 g/mol. The van der Waals surface area contributed by atoms with Crippen LogP contribution in [-0.2, 0) is 4.74 Å². The fourth-order valence-corrected chi connectivity index (χ4v) is 3.42. The van der Waals surface area contributed by atoms with E-state index in [-0.39, 0.29) is 17.7 Å². The Hall–Kier alpha value is -1.43. The van der Waals surface area contributed by atoms with E-state index in [2.05, 4.69) is 47.9 Å². The first-order chi connectivity index (χ1) is 11.3. The van der Waals surface area contributed by atoms with Crippen molar-refractivity contribution in [2.24, 2.45) is 0 Å². The molecule has 24 heavy (non-hydrogen) atoms. The number of nitrogens with zero attached hydrogens (tertiary/aromatic N) is 3. The van der Waals surface area contributed by atoms with Crippen molar-refractivity contribution >= 4 is 28.3 Å². The molecule has 3 rings (SSSR count). The number of anilines is 1. The van der Waals surface area contributed by atoms with Gasteiger partial charge in [0.05, 0.1) is 17.7 Å². The maximum absolute atomic E-state index is 6.05. The van der Waals surface area contributed by atoms with Crippen LogP contribution in [-0.4, -0.2) is 52.2 Å². The van der Waals surface area contributed by atoms with E-state index in [9.17, 15) is 0 Å². The van der Waals surface area contributed by atoms with Crippen molar-refractivity contribution in [2.75, 3.05) is 25.0 Å². The van der Waals surface area contributed by atoms with Gasteiger partial charge < -0.3 is 10.1 Å². The number of halogens is 1. The largest absolute Gasteiger partial charge is 0.373 e. The van der Waals surface area contributed by atoms with Crippen LogP contribution >= 0.6 is 11.6 Å². The van der Waals surface area contributed by atoms with Gasteiger partial charge in [0, 0.05) is 35.6 Å². The van der Waals surface area contributed by atoms with Gasteiger partial charge in [-0.1, -0.05) is 11.6 Å². The number of morpholine rings is 1. The second kappa shape index (κ2) is 6.82. The Morgan fingerprint density at radius 1 is 1.25 bits per heavy atom. The molecule has 2 atom stereocenters. The van der Waals surface area contributed by atoms with Crippen molar-refractivity contribution < 1.29 is 4.74 Å². The average molecular weight is 349 g/mol. The Bertz CT molecular complexity index is 711. The van der Waals surface area contributed by atoms with Gasteiger partial charge in [-0.3, -0.25) is 4.90 Å². The third kappa shape index (κ3) is 3.79. The standard InChI is InChI=1S/C18H25ClN4O/c1-12-8-23(9-13(2)24-12)18(3,4)10-20-17-15-6-5-14(19)7-16(15)21-11-22-17/h5-7,11-13H,8-10H2,1-4H3,(H,20,21,22). The van der Waals surface area contributed by atoms with Crippen molar-refractivity contribution in [2.45, 2.75) is 45.4 Å². The smallest absolute Gasteiger partial charge is 0.137 e. The Balaban J connectivity index is 1.75. The second-order valence-corrected chi connectivity index (χ2v) is 7.65. The fourth-order valence-electron chi connectivity index (χ4n) is 3.26. The highest BCUT2D eigenvalue weighted by Crippen LogP contribution is 2.25. The van der Waals surface area contributed by atoms with Gasteiger partial charge in [-0.2, -0.15) is 0 Å². The Morgan fingerprint density at radius 2 is 1.96 bits per heavy atom. The van der Waals surface area contributed by atoms with Crippen molar-refractivity contribution in [1.29, 1.82) is 0 Å². The third-order valence-electron chi connectivity index (χ3n) is 4.56. The quantitative estimate of drug-likeness (QED) is 0.915.